The molecule has 4 N–H and O–H groups in total. The summed E-state index contributed by atoms with van der Waals surface area (Å²) < 4.78 is 5.64. The molecule has 0 radical (unpaired) electrons. The number of hydrogen-bond donors (Lipinski definition) is 2. The fourth-order valence-corrected chi connectivity index (χ4v) is 1.56. The van der Waals surface area contributed by atoms with Crippen LogP contribution in [0.4, 0.5) is 0 Å². The van der Waals surface area contributed by atoms with Crippen molar-refractivity contribution in [1.82, 2.24) is 4.90 Å². The van der Waals surface area contributed by atoms with Crippen molar-refractivity contribution in [2.45, 2.75) is 13.0 Å². The van der Waals surface area contributed by atoms with Crippen LogP contribution in [0.2, 0.25) is 0 Å². The van der Waals surface area contributed by atoms with Gasteiger partial charge in [0, 0.05) is 19.5 Å². The molecule has 18 heavy (non-hydrogen) atoms. The minimum absolute atomic E-state index is 0.128. The molecule has 100 valence electrons. The van der Waals surface area contributed by atoms with Crippen LogP contribution in [0.3, 0.4) is 0 Å². The second kappa shape index (κ2) is 7.55. The van der Waals surface area contributed by atoms with Gasteiger partial charge in [0.05, 0.1) is 6.61 Å². The SMILES string of the molecule is CN(C)Cc1cccc(OCCCN=C(N)N)c1. The molecule has 5 nitrogen and oxygen atoms in total. The van der Waals surface area contributed by atoms with E-state index in [2.05, 4.69) is 22.0 Å². The molecule has 0 bridgehead atoms. The normalized spacial score (nSPS) is 10.4. The van der Waals surface area contributed by atoms with E-state index in [1.165, 1.54) is 5.56 Å². The van der Waals surface area contributed by atoms with Crippen molar-refractivity contribution in [2.24, 2.45) is 16.5 Å². The molecule has 0 heterocycles. The molecule has 0 fully saturated rings. The van der Waals surface area contributed by atoms with Crippen LogP contribution < -0.4 is 16.2 Å². The molecular formula is C13H22N4O. The van der Waals surface area contributed by atoms with Gasteiger partial charge in [-0.25, -0.2) is 0 Å². The molecule has 0 aromatic heterocycles. The smallest absolute Gasteiger partial charge is 0.185 e. The lowest BCUT2D eigenvalue weighted by Crippen LogP contribution is -2.23. The maximum atomic E-state index is 5.64. The van der Waals surface area contributed by atoms with Crippen LogP contribution in [0.1, 0.15) is 12.0 Å². The van der Waals surface area contributed by atoms with Gasteiger partial charge in [-0.1, -0.05) is 12.1 Å². The number of rotatable bonds is 7. The molecule has 5 heteroatoms. The fourth-order valence-electron chi connectivity index (χ4n) is 1.56. The Morgan fingerprint density at radius 3 is 2.78 bits per heavy atom. The Morgan fingerprint density at radius 1 is 1.33 bits per heavy atom. The van der Waals surface area contributed by atoms with E-state index in [1.807, 2.05) is 26.2 Å². The molecule has 0 aliphatic carbocycles. The van der Waals surface area contributed by atoms with Crippen molar-refractivity contribution in [3.63, 3.8) is 0 Å². The van der Waals surface area contributed by atoms with Gasteiger partial charge in [-0.3, -0.25) is 4.99 Å². The first-order chi connectivity index (χ1) is 8.58. The van der Waals surface area contributed by atoms with Crippen LogP contribution in [0, 0.1) is 0 Å². The summed E-state index contributed by atoms with van der Waals surface area (Å²) in [5.41, 5.74) is 11.7. The molecule has 0 spiro atoms. The van der Waals surface area contributed by atoms with E-state index in [0.717, 1.165) is 18.7 Å². The van der Waals surface area contributed by atoms with E-state index < -0.39 is 0 Å². The van der Waals surface area contributed by atoms with Gasteiger partial charge in [0.15, 0.2) is 5.96 Å². The predicted molar refractivity (Wildman–Crippen MR) is 74.6 cm³/mol. The van der Waals surface area contributed by atoms with Crippen molar-refractivity contribution in [3.05, 3.63) is 29.8 Å². The number of hydrogen-bond acceptors (Lipinski definition) is 3. The number of ether oxygens (including phenoxy) is 1. The fraction of sp³-hybridized carbons (Fsp3) is 0.462. The van der Waals surface area contributed by atoms with Crippen LogP contribution >= 0.6 is 0 Å². The summed E-state index contributed by atoms with van der Waals surface area (Å²) in [6.45, 7) is 2.12. The Kier molecular flexibility index (Phi) is 6.00. The van der Waals surface area contributed by atoms with Gasteiger partial charge in [0.1, 0.15) is 5.75 Å². The second-order valence-electron chi connectivity index (χ2n) is 4.39. The predicted octanol–water partition coefficient (Wildman–Crippen LogP) is 0.791. The maximum absolute atomic E-state index is 5.64. The molecule has 0 amide bonds. The van der Waals surface area contributed by atoms with Gasteiger partial charge < -0.3 is 21.1 Å². The number of aliphatic imine (C=N–C) groups is 1. The van der Waals surface area contributed by atoms with Crippen LogP contribution in [-0.4, -0.2) is 38.1 Å². The molecular weight excluding hydrogens is 228 g/mol. The minimum Gasteiger partial charge on any atom is -0.494 e. The van der Waals surface area contributed by atoms with Gasteiger partial charge in [-0.15, -0.1) is 0 Å². The minimum atomic E-state index is 0.128. The summed E-state index contributed by atoms with van der Waals surface area (Å²) in [5, 5.41) is 0. The highest BCUT2D eigenvalue weighted by Crippen LogP contribution is 2.14. The molecule has 0 aliphatic rings. The average molecular weight is 250 g/mol. The summed E-state index contributed by atoms with van der Waals surface area (Å²) in [4.78, 5) is 6.02. The number of guanidine groups is 1. The Balaban J connectivity index is 2.36. The van der Waals surface area contributed by atoms with E-state index in [4.69, 9.17) is 16.2 Å². The lowest BCUT2D eigenvalue weighted by Gasteiger charge is -2.11. The van der Waals surface area contributed by atoms with Gasteiger partial charge in [0.2, 0.25) is 0 Å². The van der Waals surface area contributed by atoms with Gasteiger partial charge in [-0.05, 0) is 31.8 Å². The van der Waals surface area contributed by atoms with E-state index in [-0.39, 0.29) is 5.96 Å². The van der Waals surface area contributed by atoms with E-state index in [9.17, 15) is 0 Å². The van der Waals surface area contributed by atoms with Gasteiger partial charge in [0.25, 0.3) is 0 Å². The Labute approximate surface area is 108 Å². The highest BCUT2D eigenvalue weighted by atomic mass is 16.5. The van der Waals surface area contributed by atoms with Crippen LogP contribution in [0.15, 0.2) is 29.3 Å². The maximum Gasteiger partial charge on any atom is 0.185 e. The lowest BCUT2D eigenvalue weighted by molar-refractivity contribution is 0.312. The standard InChI is InChI=1S/C13H22N4O/c1-17(2)10-11-5-3-6-12(9-11)18-8-4-7-16-13(14)15/h3,5-6,9H,4,7-8,10H2,1-2H3,(H4,14,15,16). The van der Waals surface area contributed by atoms with Crippen LogP contribution in [0.25, 0.3) is 0 Å². The van der Waals surface area contributed by atoms with E-state index in [0.29, 0.717) is 13.2 Å². The van der Waals surface area contributed by atoms with E-state index in [1.54, 1.807) is 0 Å². The van der Waals surface area contributed by atoms with Crippen LogP contribution in [-0.2, 0) is 6.54 Å². The summed E-state index contributed by atoms with van der Waals surface area (Å²) in [6, 6.07) is 8.11. The Morgan fingerprint density at radius 2 is 2.11 bits per heavy atom. The van der Waals surface area contributed by atoms with Crippen LogP contribution in [0.5, 0.6) is 5.75 Å². The highest BCUT2D eigenvalue weighted by molar-refractivity contribution is 5.75. The lowest BCUT2D eigenvalue weighted by atomic mass is 10.2. The van der Waals surface area contributed by atoms with Gasteiger partial charge in [-0.2, -0.15) is 0 Å². The van der Waals surface area contributed by atoms with Gasteiger partial charge >= 0.3 is 0 Å². The summed E-state index contributed by atoms with van der Waals surface area (Å²) >= 11 is 0. The topological polar surface area (TPSA) is 76.9 Å². The molecule has 0 aliphatic heterocycles. The first-order valence-corrected chi connectivity index (χ1v) is 6.00. The van der Waals surface area contributed by atoms with Crippen molar-refractivity contribution in [2.75, 3.05) is 27.2 Å². The monoisotopic (exact) mass is 250 g/mol. The Bertz CT molecular complexity index is 386. The Hall–Kier alpha value is -1.75. The number of nitrogens with two attached hydrogens (primary N) is 2. The summed E-state index contributed by atoms with van der Waals surface area (Å²) in [6.07, 6.45) is 0.801. The van der Waals surface area contributed by atoms with Crippen molar-refractivity contribution in [1.29, 1.82) is 0 Å². The molecule has 1 aromatic carbocycles. The zero-order valence-electron chi connectivity index (χ0n) is 11.1. The number of nitrogens with zero attached hydrogens (tertiary/aromatic N) is 2. The molecule has 0 saturated heterocycles. The third kappa shape index (κ3) is 6.10. The average Bonchev–Trinajstić information content (AvgIpc) is 2.27. The molecule has 1 aromatic rings. The number of benzene rings is 1. The molecule has 0 saturated carbocycles. The first kappa shape index (κ1) is 14.3. The molecule has 0 atom stereocenters. The quantitative estimate of drug-likeness (QED) is 0.426. The summed E-state index contributed by atoms with van der Waals surface area (Å²) in [5.74, 6) is 1.02. The van der Waals surface area contributed by atoms with E-state index >= 15 is 0 Å². The highest BCUT2D eigenvalue weighted by Gasteiger charge is 1.98. The third-order valence-electron chi connectivity index (χ3n) is 2.26. The molecule has 0 unspecified atom stereocenters. The molecule has 1 rings (SSSR count). The third-order valence-corrected chi connectivity index (χ3v) is 2.26. The van der Waals surface area contributed by atoms with Crippen molar-refractivity contribution < 1.29 is 4.74 Å². The summed E-state index contributed by atoms with van der Waals surface area (Å²) in [7, 11) is 4.09. The first-order valence-electron chi connectivity index (χ1n) is 6.00. The largest absolute Gasteiger partial charge is 0.494 e. The van der Waals surface area contributed by atoms with Crippen molar-refractivity contribution >= 4 is 5.96 Å². The zero-order valence-corrected chi connectivity index (χ0v) is 11.1. The second-order valence-corrected chi connectivity index (χ2v) is 4.39. The zero-order chi connectivity index (χ0) is 13.4. The van der Waals surface area contributed by atoms with Crippen molar-refractivity contribution in [3.8, 4) is 5.75 Å².